The third-order valence-corrected chi connectivity index (χ3v) is 4.09. The molecule has 0 aliphatic rings. The number of carboxylic acid groups (broad SMARTS) is 1. The second-order valence-electron chi connectivity index (χ2n) is 2.21. The van der Waals surface area contributed by atoms with E-state index >= 15 is 0 Å². The Bertz CT molecular complexity index is 145. The van der Waals surface area contributed by atoms with Crippen LogP contribution in [-0.4, -0.2) is 39.8 Å². The maximum Gasteiger partial charge on any atom is 0.321 e. The fourth-order valence-corrected chi connectivity index (χ4v) is 2.59. The number of hydrogen-bond donors (Lipinski definition) is 3. The second kappa shape index (κ2) is 6.59. The first-order chi connectivity index (χ1) is 5.59. The van der Waals surface area contributed by atoms with Crippen LogP contribution in [0.25, 0.3) is 0 Å². The SMILES string of the molecule is CC(SSCCO)C(N)C(=O)O. The molecule has 0 spiro atoms. The minimum absolute atomic E-state index is 0.104. The molecule has 12 heavy (non-hydrogen) atoms. The van der Waals surface area contributed by atoms with Crippen molar-refractivity contribution in [3.63, 3.8) is 0 Å². The van der Waals surface area contributed by atoms with Crippen molar-refractivity contribution in [2.24, 2.45) is 5.73 Å². The lowest BCUT2D eigenvalue weighted by Crippen LogP contribution is -2.38. The van der Waals surface area contributed by atoms with E-state index in [0.717, 1.165) is 0 Å². The van der Waals surface area contributed by atoms with Gasteiger partial charge in [-0.25, -0.2) is 0 Å². The van der Waals surface area contributed by atoms with Crippen LogP contribution >= 0.6 is 21.6 Å². The van der Waals surface area contributed by atoms with Gasteiger partial charge in [0, 0.05) is 11.0 Å². The Labute approximate surface area is 79.3 Å². The summed E-state index contributed by atoms with van der Waals surface area (Å²) < 4.78 is 0. The molecule has 0 amide bonds. The quantitative estimate of drug-likeness (QED) is 0.429. The average molecular weight is 211 g/mol. The number of rotatable bonds is 6. The molecule has 0 bridgehead atoms. The van der Waals surface area contributed by atoms with Gasteiger partial charge in [0.05, 0.1) is 6.61 Å². The molecule has 0 aromatic carbocycles. The van der Waals surface area contributed by atoms with Gasteiger partial charge in [0.15, 0.2) is 0 Å². The summed E-state index contributed by atoms with van der Waals surface area (Å²) in [6.45, 7) is 1.86. The summed E-state index contributed by atoms with van der Waals surface area (Å²) in [4.78, 5) is 10.4. The lowest BCUT2D eigenvalue weighted by Gasteiger charge is -2.13. The minimum atomic E-state index is -0.986. The van der Waals surface area contributed by atoms with E-state index in [9.17, 15) is 4.79 Å². The molecule has 2 unspecified atom stereocenters. The maximum atomic E-state index is 10.4. The zero-order valence-corrected chi connectivity index (χ0v) is 8.40. The van der Waals surface area contributed by atoms with E-state index in [1.54, 1.807) is 6.92 Å². The number of carbonyl (C=O) groups is 1. The van der Waals surface area contributed by atoms with Crippen LogP contribution < -0.4 is 5.73 Å². The summed E-state index contributed by atoms with van der Waals surface area (Å²) in [5, 5.41) is 16.8. The van der Waals surface area contributed by atoms with E-state index in [1.807, 2.05) is 0 Å². The van der Waals surface area contributed by atoms with Crippen molar-refractivity contribution in [2.45, 2.75) is 18.2 Å². The molecule has 0 aromatic rings. The van der Waals surface area contributed by atoms with Crippen LogP contribution in [0.5, 0.6) is 0 Å². The van der Waals surface area contributed by atoms with Gasteiger partial charge in [-0.1, -0.05) is 28.5 Å². The predicted octanol–water partition coefficient (Wildman–Crippen LogP) is 0.160. The highest BCUT2D eigenvalue weighted by molar-refractivity contribution is 8.76. The summed E-state index contributed by atoms with van der Waals surface area (Å²) in [5.41, 5.74) is 5.35. The first-order valence-corrected chi connectivity index (χ1v) is 5.85. The molecule has 4 N–H and O–H groups in total. The minimum Gasteiger partial charge on any atom is -0.480 e. The molecule has 0 fully saturated rings. The highest BCUT2D eigenvalue weighted by atomic mass is 33.1. The van der Waals surface area contributed by atoms with E-state index in [4.69, 9.17) is 15.9 Å². The highest BCUT2D eigenvalue weighted by Gasteiger charge is 2.20. The molecule has 0 aromatic heterocycles. The fourth-order valence-electron chi connectivity index (χ4n) is 0.453. The standard InChI is InChI=1S/C6H13NO3S2/c1-4(5(7)6(9)10)12-11-3-2-8/h4-5,8H,2-3,7H2,1H3,(H,9,10). The van der Waals surface area contributed by atoms with E-state index < -0.39 is 12.0 Å². The molecule has 6 heteroatoms. The third-order valence-electron chi connectivity index (χ3n) is 1.19. The molecule has 72 valence electrons. The van der Waals surface area contributed by atoms with Gasteiger partial charge < -0.3 is 15.9 Å². The molecule has 0 heterocycles. The molecule has 0 aliphatic heterocycles. The Hall–Kier alpha value is 0.0900. The van der Waals surface area contributed by atoms with Crippen LogP contribution in [-0.2, 0) is 4.79 Å². The number of carboxylic acids is 1. The Morgan fingerprint density at radius 1 is 1.67 bits per heavy atom. The lowest BCUT2D eigenvalue weighted by atomic mass is 10.2. The molecule has 2 atom stereocenters. The Kier molecular flexibility index (Phi) is 6.64. The summed E-state index contributed by atoms with van der Waals surface area (Å²) in [5.74, 6) is -0.388. The summed E-state index contributed by atoms with van der Waals surface area (Å²) in [6.07, 6.45) is 0. The number of hydrogen-bond acceptors (Lipinski definition) is 5. The molecule has 4 nitrogen and oxygen atoms in total. The first-order valence-electron chi connectivity index (χ1n) is 3.47. The molecule has 0 radical (unpaired) electrons. The van der Waals surface area contributed by atoms with Crippen molar-refractivity contribution in [3.05, 3.63) is 0 Å². The number of aliphatic hydroxyl groups excluding tert-OH is 1. The van der Waals surface area contributed by atoms with Gasteiger partial charge in [-0.15, -0.1) is 0 Å². The van der Waals surface area contributed by atoms with Gasteiger partial charge in [0.1, 0.15) is 6.04 Å². The van der Waals surface area contributed by atoms with Crippen LogP contribution in [0.2, 0.25) is 0 Å². The van der Waals surface area contributed by atoms with Crippen LogP contribution in [0, 0.1) is 0 Å². The zero-order valence-electron chi connectivity index (χ0n) is 6.77. The largest absolute Gasteiger partial charge is 0.480 e. The van der Waals surface area contributed by atoms with Crippen LogP contribution in [0.3, 0.4) is 0 Å². The van der Waals surface area contributed by atoms with Gasteiger partial charge in [0.2, 0.25) is 0 Å². The van der Waals surface area contributed by atoms with Gasteiger partial charge >= 0.3 is 5.97 Å². The Morgan fingerprint density at radius 3 is 2.67 bits per heavy atom. The topological polar surface area (TPSA) is 83.5 Å². The predicted molar refractivity (Wildman–Crippen MR) is 52.2 cm³/mol. The fraction of sp³-hybridized carbons (Fsp3) is 0.833. The van der Waals surface area contributed by atoms with E-state index in [-0.39, 0.29) is 11.9 Å². The summed E-state index contributed by atoms with van der Waals surface area (Å²) in [7, 11) is 2.82. The van der Waals surface area contributed by atoms with Gasteiger partial charge in [0.25, 0.3) is 0 Å². The van der Waals surface area contributed by atoms with Crippen LogP contribution in [0.4, 0.5) is 0 Å². The molecular formula is C6H13NO3S2. The van der Waals surface area contributed by atoms with Crippen molar-refractivity contribution >= 4 is 27.6 Å². The average Bonchev–Trinajstić information content (AvgIpc) is 2.03. The first kappa shape index (κ1) is 12.1. The number of aliphatic hydroxyl groups is 1. The second-order valence-corrected chi connectivity index (χ2v) is 5.08. The zero-order chi connectivity index (χ0) is 9.56. The van der Waals surface area contributed by atoms with Crippen molar-refractivity contribution in [1.82, 2.24) is 0 Å². The smallest absolute Gasteiger partial charge is 0.321 e. The van der Waals surface area contributed by atoms with Crippen molar-refractivity contribution in [3.8, 4) is 0 Å². The molecular weight excluding hydrogens is 198 g/mol. The monoisotopic (exact) mass is 211 g/mol. The van der Waals surface area contributed by atoms with E-state index in [1.165, 1.54) is 21.6 Å². The Morgan fingerprint density at radius 2 is 2.25 bits per heavy atom. The third kappa shape index (κ3) is 4.87. The van der Waals surface area contributed by atoms with Crippen molar-refractivity contribution in [1.29, 1.82) is 0 Å². The van der Waals surface area contributed by atoms with Crippen molar-refractivity contribution < 1.29 is 15.0 Å². The van der Waals surface area contributed by atoms with E-state index in [0.29, 0.717) is 5.75 Å². The molecule has 0 saturated heterocycles. The summed E-state index contributed by atoms with van der Waals surface area (Å²) >= 11 is 0. The van der Waals surface area contributed by atoms with Gasteiger partial charge in [-0.05, 0) is 0 Å². The molecule has 0 saturated carbocycles. The lowest BCUT2D eigenvalue weighted by molar-refractivity contribution is -0.138. The molecule has 0 aliphatic carbocycles. The molecule has 0 rings (SSSR count). The van der Waals surface area contributed by atoms with Crippen molar-refractivity contribution in [2.75, 3.05) is 12.4 Å². The number of nitrogens with two attached hydrogens (primary N) is 1. The van der Waals surface area contributed by atoms with Gasteiger partial charge in [-0.3, -0.25) is 4.79 Å². The maximum absolute atomic E-state index is 10.4. The van der Waals surface area contributed by atoms with Crippen LogP contribution in [0.15, 0.2) is 0 Å². The van der Waals surface area contributed by atoms with Gasteiger partial charge in [-0.2, -0.15) is 0 Å². The normalized spacial score (nSPS) is 15.6. The summed E-state index contributed by atoms with van der Waals surface area (Å²) in [6, 6.07) is -0.832. The highest BCUT2D eigenvalue weighted by Crippen LogP contribution is 2.27. The van der Waals surface area contributed by atoms with E-state index in [2.05, 4.69) is 0 Å². The number of aliphatic carboxylic acids is 1. The van der Waals surface area contributed by atoms with Crippen LogP contribution in [0.1, 0.15) is 6.92 Å². The Balaban J connectivity index is 3.56.